The third kappa shape index (κ3) is 4.46. The monoisotopic (exact) mass is 343 g/mol. The molecule has 0 unspecified atom stereocenters. The minimum Gasteiger partial charge on any atom is -0.396 e. The quantitative estimate of drug-likeness (QED) is 0.795. The third-order valence-corrected chi connectivity index (χ3v) is 4.71. The molecule has 3 rings (SSSR count). The van der Waals surface area contributed by atoms with Crippen LogP contribution in [0.15, 0.2) is 40.9 Å². The van der Waals surface area contributed by atoms with Crippen LogP contribution in [-0.2, 0) is 13.1 Å². The maximum absolute atomic E-state index is 12.5. The van der Waals surface area contributed by atoms with E-state index in [9.17, 15) is 9.90 Å². The highest BCUT2D eigenvalue weighted by atomic mass is 16.5. The van der Waals surface area contributed by atoms with Gasteiger partial charge in [-0.1, -0.05) is 35.5 Å². The Hall–Kier alpha value is -2.18. The van der Waals surface area contributed by atoms with Gasteiger partial charge in [-0.2, -0.15) is 0 Å². The van der Waals surface area contributed by atoms with E-state index in [1.165, 1.54) is 5.56 Å². The van der Waals surface area contributed by atoms with Gasteiger partial charge in [-0.05, 0) is 25.5 Å². The maximum Gasteiger partial charge on any atom is 0.275 e. The summed E-state index contributed by atoms with van der Waals surface area (Å²) in [6.07, 6.45) is 1.94. The third-order valence-electron chi connectivity index (χ3n) is 4.71. The normalized spacial score (nSPS) is 15.4. The van der Waals surface area contributed by atoms with Crippen LogP contribution in [0.5, 0.6) is 0 Å². The molecule has 1 saturated carbocycles. The van der Waals surface area contributed by atoms with Crippen LogP contribution in [0.25, 0.3) is 0 Å². The van der Waals surface area contributed by atoms with E-state index >= 15 is 0 Å². The molecule has 6 heteroatoms. The number of hydrogen-bond donors (Lipinski definition) is 1. The van der Waals surface area contributed by atoms with Crippen LogP contribution >= 0.6 is 0 Å². The fourth-order valence-electron chi connectivity index (χ4n) is 3.02. The fraction of sp³-hybridized carbons (Fsp3) is 0.474. The van der Waals surface area contributed by atoms with Gasteiger partial charge < -0.3 is 14.5 Å². The molecular weight excluding hydrogens is 318 g/mol. The first-order valence-corrected chi connectivity index (χ1v) is 8.56. The molecule has 1 aliphatic carbocycles. The molecule has 1 N–H and O–H groups in total. The van der Waals surface area contributed by atoms with E-state index in [-0.39, 0.29) is 17.9 Å². The highest BCUT2D eigenvalue weighted by Crippen LogP contribution is 2.45. The van der Waals surface area contributed by atoms with E-state index in [1.54, 1.807) is 18.0 Å². The Labute approximate surface area is 148 Å². The molecule has 0 bridgehead atoms. The second kappa shape index (κ2) is 7.37. The number of nitrogens with zero attached hydrogens (tertiary/aromatic N) is 3. The Kier molecular flexibility index (Phi) is 5.20. The van der Waals surface area contributed by atoms with E-state index in [1.807, 2.05) is 25.2 Å². The van der Waals surface area contributed by atoms with E-state index in [4.69, 9.17) is 4.52 Å². The average Bonchev–Trinajstić information content (AvgIpc) is 3.23. The van der Waals surface area contributed by atoms with Crippen LogP contribution in [0, 0.1) is 5.41 Å². The molecule has 0 aliphatic heterocycles. The van der Waals surface area contributed by atoms with E-state index in [0.717, 1.165) is 19.4 Å². The molecule has 0 atom stereocenters. The van der Waals surface area contributed by atoms with E-state index < -0.39 is 0 Å². The fourth-order valence-corrected chi connectivity index (χ4v) is 3.02. The largest absolute Gasteiger partial charge is 0.396 e. The van der Waals surface area contributed by atoms with Crippen molar-refractivity contribution in [2.75, 3.05) is 27.2 Å². The summed E-state index contributed by atoms with van der Waals surface area (Å²) >= 11 is 0. The number of carbonyl (C=O) groups is 1. The van der Waals surface area contributed by atoms with Crippen molar-refractivity contribution < 1.29 is 14.4 Å². The maximum atomic E-state index is 12.5. The number of aliphatic hydroxyl groups excluding tert-OH is 1. The van der Waals surface area contributed by atoms with Crippen molar-refractivity contribution in [3.63, 3.8) is 0 Å². The van der Waals surface area contributed by atoms with Gasteiger partial charge in [0.15, 0.2) is 11.5 Å². The first-order valence-electron chi connectivity index (χ1n) is 8.56. The highest BCUT2D eigenvalue weighted by molar-refractivity contribution is 5.92. The lowest BCUT2D eigenvalue weighted by Gasteiger charge is -2.21. The number of amides is 1. The summed E-state index contributed by atoms with van der Waals surface area (Å²) in [5, 5.41) is 13.3. The van der Waals surface area contributed by atoms with Crippen molar-refractivity contribution in [1.82, 2.24) is 15.0 Å². The second-order valence-corrected chi connectivity index (χ2v) is 7.16. The molecule has 134 valence electrons. The molecule has 1 heterocycles. The summed E-state index contributed by atoms with van der Waals surface area (Å²) in [6.45, 7) is 2.06. The zero-order valence-electron chi connectivity index (χ0n) is 14.8. The van der Waals surface area contributed by atoms with Crippen molar-refractivity contribution in [2.24, 2.45) is 5.41 Å². The predicted octanol–water partition coefficient (Wildman–Crippen LogP) is 2.15. The van der Waals surface area contributed by atoms with E-state index in [2.05, 4.69) is 22.2 Å². The molecule has 1 fully saturated rings. The Morgan fingerprint density at radius 1 is 1.24 bits per heavy atom. The van der Waals surface area contributed by atoms with Crippen molar-refractivity contribution >= 4 is 5.91 Å². The molecule has 6 nitrogen and oxygen atoms in total. The average molecular weight is 343 g/mol. The highest BCUT2D eigenvalue weighted by Gasteiger charge is 2.43. The van der Waals surface area contributed by atoms with Gasteiger partial charge in [0.05, 0.1) is 13.2 Å². The van der Waals surface area contributed by atoms with Gasteiger partial charge in [-0.15, -0.1) is 0 Å². The number of aliphatic hydroxyl groups is 1. The smallest absolute Gasteiger partial charge is 0.275 e. The van der Waals surface area contributed by atoms with Gasteiger partial charge in [0.2, 0.25) is 0 Å². The van der Waals surface area contributed by atoms with Crippen molar-refractivity contribution in [2.45, 2.75) is 25.9 Å². The minimum absolute atomic E-state index is 0.104. The van der Waals surface area contributed by atoms with Gasteiger partial charge in [0.1, 0.15) is 0 Å². The molecule has 1 aromatic heterocycles. The summed E-state index contributed by atoms with van der Waals surface area (Å²) in [5.41, 5.74) is 1.44. The van der Waals surface area contributed by atoms with Crippen LogP contribution in [0.1, 0.15) is 34.7 Å². The lowest BCUT2D eigenvalue weighted by atomic mass is 10.1. The van der Waals surface area contributed by atoms with Gasteiger partial charge in [0, 0.05) is 31.6 Å². The molecule has 25 heavy (non-hydrogen) atoms. The molecular formula is C19H25N3O3. The number of aromatic nitrogens is 1. The lowest BCUT2D eigenvalue weighted by molar-refractivity contribution is 0.0723. The zero-order chi connectivity index (χ0) is 17.9. The van der Waals surface area contributed by atoms with Gasteiger partial charge in [-0.25, -0.2) is 0 Å². The number of carbonyl (C=O) groups excluding carboxylic acids is 1. The summed E-state index contributed by atoms with van der Waals surface area (Å²) in [5.74, 6) is 0.499. The van der Waals surface area contributed by atoms with Gasteiger partial charge in [0.25, 0.3) is 5.91 Å². The predicted molar refractivity (Wildman–Crippen MR) is 93.8 cm³/mol. The number of rotatable bonds is 8. The minimum atomic E-state index is -0.166. The SMILES string of the molecule is CN(Cc1ccccc1)Cc1cc(C(=O)N(C)CC2(CO)CC2)no1. The summed E-state index contributed by atoms with van der Waals surface area (Å²) < 4.78 is 5.33. The standard InChI is InChI=1S/C19H25N3O3/c1-21(11-15-6-4-3-5-7-15)12-16-10-17(20-25-16)18(24)22(2)13-19(14-23)8-9-19/h3-7,10,23H,8-9,11-14H2,1-2H3. The Morgan fingerprint density at radius 2 is 1.96 bits per heavy atom. The van der Waals surface area contributed by atoms with Crippen LogP contribution in [0.4, 0.5) is 0 Å². The number of benzene rings is 1. The van der Waals surface area contributed by atoms with Gasteiger partial charge >= 0.3 is 0 Å². The molecule has 1 aliphatic rings. The first-order chi connectivity index (χ1) is 12.0. The second-order valence-electron chi connectivity index (χ2n) is 7.16. The van der Waals surface area contributed by atoms with Crippen molar-refractivity contribution in [3.05, 3.63) is 53.4 Å². The summed E-state index contributed by atoms with van der Waals surface area (Å²) in [7, 11) is 3.75. The summed E-state index contributed by atoms with van der Waals surface area (Å²) in [6, 6.07) is 11.9. The Balaban J connectivity index is 1.55. The zero-order valence-corrected chi connectivity index (χ0v) is 14.8. The molecule has 0 saturated heterocycles. The Bertz CT molecular complexity index is 710. The lowest BCUT2D eigenvalue weighted by Crippen LogP contribution is -2.34. The van der Waals surface area contributed by atoms with Crippen LogP contribution in [0.2, 0.25) is 0 Å². The molecule has 0 radical (unpaired) electrons. The van der Waals surface area contributed by atoms with Crippen LogP contribution in [0.3, 0.4) is 0 Å². The van der Waals surface area contributed by atoms with Crippen LogP contribution in [-0.4, -0.2) is 53.2 Å². The molecule has 2 aromatic rings. The first kappa shape index (κ1) is 17.6. The van der Waals surface area contributed by atoms with E-state index in [0.29, 0.717) is 24.5 Å². The summed E-state index contributed by atoms with van der Waals surface area (Å²) in [4.78, 5) is 16.2. The van der Waals surface area contributed by atoms with Crippen molar-refractivity contribution in [3.8, 4) is 0 Å². The van der Waals surface area contributed by atoms with Gasteiger partial charge in [-0.3, -0.25) is 9.69 Å². The topological polar surface area (TPSA) is 69.8 Å². The van der Waals surface area contributed by atoms with Crippen molar-refractivity contribution in [1.29, 1.82) is 0 Å². The number of hydrogen-bond acceptors (Lipinski definition) is 5. The Morgan fingerprint density at radius 3 is 2.60 bits per heavy atom. The molecule has 1 aromatic carbocycles. The molecule has 0 spiro atoms. The molecule has 1 amide bonds. The van der Waals surface area contributed by atoms with Crippen LogP contribution < -0.4 is 0 Å².